The monoisotopic (exact) mass is 331 g/mol. The van der Waals surface area contributed by atoms with Crippen LogP contribution >= 0.6 is 0 Å². The molecule has 1 aliphatic carbocycles. The van der Waals surface area contributed by atoms with E-state index in [1.807, 2.05) is 13.8 Å². The lowest BCUT2D eigenvalue weighted by atomic mass is 9.88. The molecule has 3 N–H and O–H groups in total. The van der Waals surface area contributed by atoms with E-state index >= 15 is 0 Å². The maximum atomic E-state index is 12.4. The second-order valence-corrected chi connectivity index (χ2v) is 7.29. The van der Waals surface area contributed by atoms with E-state index in [0.29, 0.717) is 6.04 Å². The van der Waals surface area contributed by atoms with Crippen molar-refractivity contribution in [1.82, 2.24) is 10.2 Å². The molecule has 24 heavy (non-hydrogen) atoms. The van der Waals surface area contributed by atoms with Crippen LogP contribution < -0.4 is 11.1 Å². The summed E-state index contributed by atoms with van der Waals surface area (Å²) in [5.41, 5.74) is 7.36. The van der Waals surface area contributed by atoms with Crippen molar-refractivity contribution in [2.45, 2.75) is 71.1 Å². The van der Waals surface area contributed by atoms with E-state index in [0.717, 1.165) is 25.9 Å². The van der Waals surface area contributed by atoms with Gasteiger partial charge in [0.25, 0.3) is 0 Å². The number of hydrogen-bond acceptors (Lipinski definition) is 3. The summed E-state index contributed by atoms with van der Waals surface area (Å²) in [6.45, 7) is 8.12. The minimum absolute atomic E-state index is 0.00216. The molecule has 1 fully saturated rings. The van der Waals surface area contributed by atoms with Gasteiger partial charge in [-0.1, -0.05) is 63.9 Å². The summed E-state index contributed by atoms with van der Waals surface area (Å²) in [6.07, 6.45) is 4.61. The van der Waals surface area contributed by atoms with Gasteiger partial charge in [0.15, 0.2) is 0 Å². The van der Waals surface area contributed by atoms with Gasteiger partial charge in [-0.3, -0.25) is 9.69 Å². The van der Waals surface area contributed by atoms with Crippen LogP contribution in [0.15, 0.2) is 30.3 Å². The van der Waals surface area contributed by atoms with Gasteiger partial charge < -0.3 is 11.1 Å². The van der Waals surface area contributed by atoms with Crippen molar-refractivity contribution in [3.8, 4) is 0 Å². The SMILES string of the molecule is CCN(Cc1ccccc1)[C@@H]1CCCC[C@@H]1NC(=O)[C@@H](N)C(C)C. The highest BCUT2D eigenvalue weighted by Gasteiger charge is 2.32. The van der Waals surface area contributed by atoms with Crippen LogP contribution in [0.3, 0.4) is 0 Å². The molecule has 0 bridgehead atoms. The zero-order chi connectivity index (χ0) is 17.5. The second-order valence-electron chi connectivity index (χ2n) is 7.29. The fourth-order valence-corrected chi connectivity index (χ4v) is 3.58. The van der Waals surface area contributed by atoms with Crippen molar-refractivity contribution in [2.24, 2.45) is 11.7 Å². The summed E-state index contributed by atoms with van der Waals surface area (Å²) in [5, 5.41) is 3.25. The zero-order valence-corrected chi connectivity index (χ0v) is 15.4. The highest BCUT2D eigenvalue weighted by molar-refractivity contribution is 5.82. The molecule has 0 radical (unpaired) electrons. The molecule has 134 valence electrons. The Morgan fingerprint density at radius 3 is 2.54 bits per heavy atom. The standard InChI is InChI=1S/C20H33N3O/c1-4-23(14-16-10-6-5-7-11-16)18-13-9-8-12-17(18)22-20(24)19(21)15(2)3/h5-7,10-11,15,17-19H,4,8-9,12-14,21H2,1-3H3,(H,22,24)/t17-,18+,19-/m0/s1. The molecule has 4 heteroatoms. The maximum Gasteiger partial charge on any atom is 0.237 e. The average molecular weight is 332 g/mol. The molecule has 0 spiro atoms. The number of carbonyl (C=O) groups excluding carboxylic acids is 1. The Balaban J connectivity index is 2.05. The number of likely N-dealkylation sites (N-methyl/N-ethyl adjacent to an activating group) is 1. The molecule has 1 aromatic carbocycles. The Labute approximate surface area is 146 Å². The second kappa shape index (κ2) is 9.19. The van der Waals surface area contributed by atoms with Gasteiger partial charge in [0, 0.05) is 18.6 Å². The fraction of sp³-hybridized carbons (Fsp3) is 0.650. The van der Waals surface area contributed by atoms with Gasteiger partial charge in [0.1, 0.15) is 0 Å². The molecule has 3 atom stereocenters. The average Bonchev–Trinajstić information content (AvgIpc) is 2.60. The number of nitrogens with one attached hydrogen (secondary N) is 1. The van der Waals surface area contributed by atoms with Gasteiger partial charge in [0.05, 0.1) is 6.04 Å². The summed E-state index contributed by atoms with van der Waals surface area (Å²) in [7, 11) is 0. The third-order valence-corrected chi connectivity index (χ3v) is 5.18. The molecule has 0 heterocycles. The van der Waals surface area contributed by atoms with E-state index in [2.05, 4.69) is 47.5 Å². The minimum atomic E-state index is -0.420. The molecule has 0 saturated heterocycles. The molecule has 0 unspecified atom stereocenters. The van der Waals surface area contributed by atoms with E-state index in [1.165, 1.54) is 18.4 Å². The fourth-order valence-electron chi connectivity index (χ4n) is 3.58. The number of nitrogens with two attached hydrogens (primary N) is 1. The van der Waals surface area contributed by atoms with Crippen LogP contribution in [-0.4, -0.2) is 35.5 Å². The van der Waals surface area contributed by atoms with Gasteiger partial charge >= 0.3 is 0 Å². The quantitative estimate of drug-likeness (QED) is 0.808. The van der Waals surface area contributed by atoms with Crippen LogP contribution in [0.2, 0.25) is 0 Å². The lowest BCUT2D eigenvalue weighted by molar-refractivity contribution is -0.124. The summed E-state index contributed by atoms with van der Waals surface area (Å²) >= 11 is 0. The minimum Gasteiger partial charge on any atom is -0.350 e. The Bertz CT molecular complexity index is 503. The predicted octanol–water partition coefficient (Wildman–Crippen LogP) is 2.92. The smallest absolute Gasteiger partial charge is 0.237 e. The number of benzene rings is 1. The van der Waals surface area contributed by atoms with Crippen LogP contribution in [0.5, 0.6) is 0 Å². The first-order valence-corrected chi connectivity index (χ1v) is 9.36. The molecule has 1 amide bonds. The van der Waals surface area contributed by atoms with E-state index in [-0.39, 0.29) is 17.9 Å². The number of rotatable bonds is 7. The molecule has 4 nitrogen and oxygen atoms in total. The Morgan fingerprint density at radius 2 is 1.92 bits per heavy atom. The lowest BCUT2D eigenvalue weighted by Gasteiger charge is -2.40. The predicted molar refractivity (Wildman–Crippen MR) is 99.5 cm³/mol. The third kappa shape index (κ3) is 5.05. The largest absolute Gasteiger partial charge is 0.350 e. The van der Waals surface area contributed by atoms with E-state index in [4.69, 9.17) is 5.73 Å². The third-order valence-electron chi connectivity index (χ3n) is 5.18. The highest BCUT2D eigenvalue weighted by atomic mass is 16.2. The van der Waals surface area contributed by atoms with Gasteiger partial charge in [-0.15, -0.1) is 0 Å². The number of hydrogen-bond donors (Lipinski definition) is 2. The van der Waals surface area contributed by atoms with Crippen LogP contribution in [0.25, 0.3) is 0 Å². The molecule has 1 aliphatic rings. The van der Waals surface area contributed by atoms with Crippen molar-refractivity contribution < 1.29 is 4.79 Å². The summed E-state index contributed by atoms with van der Waals surface area (Å²) in [6, 6.07) is 10.8. The molecule has 1 aromatic rings. The van der Waals surface area contributed by atoms with Crippen molar-refractivity contribution in [2.75, 3.05) is 6.54 Å². The Kier molecular flexibility index (Phi) is 7.25. The molecule has 0 aromatic heterocycles. The lowest BCUT2D eigenvalue weighted by Crippen LogP contribution is -2.56. The molecule has 0 aliphatic heterocycles. The van der Waals surface area contributed by atoms with Crippen molar-refractivity contribution in [3.05, 3.63) is 35.9 Å². The van der Waals surface area contributed by atoms with Crippen LogP contribution in [0.1, 0.15) is 52.0 Å². The molecule has 2 rings (SSSR count). The van der Waals surface area contributed by atoms with Crippen molar-refractivity contribution in [1.29, 1.82) is 0 Å². The first-order valence-electron chi connectivity index (χ1n) is 9.36. The van der Waals surface area contributed by atoms with Crippen molar-refractivity contribution in [3.63, 3.8) is 0 Å². The first-order chi connectivity index (χ1) is 11.5. The van der Waals surface area contributed by atoms with Crippen molar-refractivity contribution >= 4 is 5.91 Å². The topological polar surface area (TPSA) is 58.4 Å². The maximum absolute atomic E-state index is 12.4. The summed E-state index contributed by atoms with van der Waals surface area (Å²) in [5.74, 6) is 0.163. The first kappa shape index (κ1) is 18.9. The zero-order valence-electron chi connectivity index (χ0n) is 15.4. The van der Waals surface area contributed by atoms with Gasteiger partial charge in [0.2, 0.25) is 5.91 Å². The normalized spacial score (nSPS) is 22.6. The molecule has 1 saturated carbocycles. The Hall–Kier alpha value is -1.39. The number of carbonyl (C=O) groups is 1. The van der Waals surface area contributed by atoms with Crippen LogP contribution in [-0.2, 0) is 11.3 Å². The molecular formula is C20H33N3O. The van der Waals surface area contributed by atoms with E-state index in [9.17, 15) is 4.79 Å². The van der Waals surface area contributed by atoms with E-state index in [1.54, 1.807) is 0 Å². The van der Waals surface area contributed by atoms with Crippen LogP contribution in [0.4, 0.5) is 0 Å². The summed E-state index contributed by atoms with van der Waals surface area (Å²) < 4.78 is 0. The van der Waals surface area contributed by atoms with Gasteiger partial charge in [-0.2, -0.15) is 0 Å². The van der Waals surface area contributed by atoms with Crippen LogP contribution in [0, 0.1) is 5.92 Å². The van der Waals surface area contributed by atoms with Gasteiger partial charge in [-0.25, -0.2) is 0 Å². The highest BCUT2D eigenvalue weighted by Crippen LogP contribution is 2.25. The number of nitrogens with zero attached hydrogens (tertiary/aromatic N) is 1. The van der Waals surface area contributed by atoms with E-state index < -0.39 is 6.04 Å². The van der Waals surface area contributed by atoms with Gasteiger partial charge in [-0.05, 0) is 30.9 Å². The number of amides is 1. The molecular weight excluding hydrogens is 298 g/mol. The summed E-state index contributed by atoms with van der Waals surface area (Å²) in [4.78, 5) is 14.9. The Morgan fingerprint density at radius 1 is 1.25 bits per heavy atom.